The van der Waals surface area contributed by atoms with Crippen molar-refractivity contribution in [3.63, 3.8) is 0 Å². The van der Waals surface area contributed by atoms with Gasteiger partial charge in [-0.15, -0.1) is 0 Å². The fourth-order valence-electron chi connectivity index (χ4n) is 2.14. The van der Waals surface area contributed by atoms with Crippen LogP contribution in [0.2, 0.25) is 0 Å². The highest BCUT2D eigenvalue weighted by Crippen LogP contribution is 2.19. The molecule has 0 aliphatic heterocycles. The Labute approximate surface area is 126 Å². The third-order valence-electron chi connectivity index (χ3n) is 3.46. The lowest BCUT2D eigenvalue weighted by Crippen LogP contribution is -2.12. The van der Waals surface area contributed by atoms with Crippen molar-refractivity contribution >= 4 is 15.7 Å². The van der Waals surface area contributed by atoms with Crippen molar-refractivity contribution in [3.8, 4) is 0 Å². The van der Waals surface area contributed by atoms with E-state index in [2.05, 4.69) is 24.4 Å². The third-order valence-corrected chi connectivity index (χ3v) is 4.39. The van der Waals surface area contributed by atoms with E-state index in [0.29, 0.717) is 5.92 Å². The van der Waals surface area contributed by atoms with Gasteiger partial charge in [-0.05, 0) is 42.2 Å². The van der Waals surface area contributed by atoms with Crippen LogP contribution >= 0.6 is 0 Å². The molecule has 112 valence electrons. The van der Waals surface area contributed by atoms with Crippen LogP contribution in [0.25, 0.3) is 0 Å². The van der Waals surface area contributed by atoms with Crippen LogP contribution in [0, 0.1) is 0 Å². The van der Waals surface area contributed by atoms with E-state index in [1.807, 2.05) is 18.2 Å². The molecule has 0 aliphatic carbocycles. The molecule has 1 unspecified atom stereocenters. The summed E-state index contributed by atoms with van der Waals surface area (Å²) in [7, 11) is -3.62. The number of primary sulfonamides is 1. The van der Waals surface area contributed by atoms with Crippen LogP contribution in [0.4, 0.5) is 5.69 Å². The molecular weight excluding hydrogens is 284 g/mol. The van der Waals surface area contributed by atoms with Gasteiger partial charge in [-0.3, -0.25) is 0 Å². The fraction of sp³-hybridized carbons (Fsp3) is 0.250. The van der Waals surface area contributed by atoms with Crippen molar-refractivity contribution < 1.29 is 8.42 Å². The van der Waals surface area contributed by atoms with E-state index in [9.17, 15) is 8.42 Å². The van der Waals surface area contributed by atoms with Gasteiger partial charge < -0.3 is 5.32 Å². The molecule has 0 heterocycles. The fourth-order valence-corrected chi connectivity index (χ4v) is 2.66. The monoisotopic (exact) mass is 304 g/mol. The first-order valence-corrected chi connectivity index (χ1v) is 8.43. The van der Waals surface area contributed by atoms with Gasteiger partial charge in [0.25, 0.3) is 0 Å². The van der Waals surface area contributed by atoms with Gasteiger partial charge in [0.2, 0.25) is 10.0 Å². The van der Waals surface area contributed by atoms with Gasteiger partial charge in [-0.1, -0.05) is 37.3 Å². The molecule has 0 aromatic heterocycles. The molecule has 0 bridgehead atoms. The summed E-state index contributed by atoms with van der Waals surface area (Å²) in [6.07, 6.45) is 1.00. The van der Waals surface area contributed by atoms with Crippen molar-refractivity contribution in [2.24, 2.45) is 5.14 Å². The van der Waals surface area contributed by atoms with Crippen LogP contribution in [-0.4, -0.2) is 15.0 Å². The summed E-state index contributed by atoms with van der Waals surface area (Å²) in [6.45, 7) is 3.02. The van der Waals surface area contributed by atoms with E-state index >= 15 is 0 Å². The minimum absolute atomic E-state index is 0.130. The number of benzene rings is 2. The van der Waals surface area contributed by atoms with Crippen molar-refractivity contribution in [3.05, 3.63) is 60.2 Å². The van der Waals surface area contributed by atoms with E-state index in [1.54, 1.807) is 12.1 Å². The van der Waals surface area contributed by atoms with Crippen LogP contribution < -0.4 is 10.5 Å². The molecule has 3 N–H and O–H groups in total. The third kappa shape index (κ3) is 4.58. The Bertz CT molecular complexity index is 667. The highest BCUT2D eigenvalue weighted by atomic mass is 32.2. The lowest BCUT2D eigenvalue weighted by molar-refractivity contribution is 0.598. The van der Waals surface area contributed by atoms with E-state index < -0.39 is 10.0 Å². The number of hydrogen-bond donors (Lipinski definition) is 2. The first kappa shape index (κ1) is 15.5. The van der Waals surface area contributed by atoms with Crippen LogP contribution in [-0.2, 0) is 10.0 Å². The molecule has 0 radical (unpaired) electrons. The molecule has 0 amide bonds. The molecule has 4 nitrogen and oxygen atoms in total. The summed E-state index contributed by atoms with van der Waals surface area (Å²) < 4.78 is 22.3. The molecule has 0 fully saturated rings. The van der Waals surface area contributed by atoms with Gasteiger partial charge in [0.15, 0.2) is 0 Å². The maximum Gasteiger partial charge on any atom is 0.238 e. The number of hydrogen-bond acceptors (Lipinski definition) is 3. The van der Waals surface area contributed by atoms with E-state index in [-0.39, 0.29) is 4.90 Å². The summed E-state index contributed by atoms with van der Waals surface area (Å²) >= 11 is 0. The van der Waals surface area contributed by atoms with Crippen LogP contribution in [0.3, 0.4) is 0 Å². The minimum atomic E-state index is -3.62. The zero-order valence-electron chi connectivity index (χ0n) is 12.0. The molecule has 0 saturated heterocycles. The Kier molecular flexibility index (Phi) is 4.98. The zero-order chi connectivity index (χ0) is 15.3. The van der Waals surface area contributed by atoms with Crippen LogP contribution in [0.5, 0.6) is 0 Å². The van der Waals surface area contributed by atoms with Gasteiger partial charge in [0.05, 0.1) is 4.90 Å². The standard InChI is InChI=1S/C16H20N2O2S/c1-13(14-5-3-2-4-6-14)11-12-18-15-7-9-16(10-8-15)21(17,19)20/h2-10,13,18H,11-12H2,1H3,(H2,17,19,20). The summed E-state index contributed by atoms with van der Waals surface area (Å²) in [6, 6.07) is 16.9. The number of sulfonamides is 1. The second-order valence-corrected chi connectivity index (χ2v) is 6.66. The number of nitrogens with two attached hydrogens (primary N) is 1. The van der Waals surface area contributed by atoms with E-state index in [1.165, 1.54) is 17.7 Å². The van der Waals surface area contributed by atoms with Crippen LogP contribution in [0.1, 0.15) is 24.8 Å². The molecular formula is C16H20N2O2S. The molecule has 2 aromatic rings. The van der Waals surface area contributed by atoms with E-state index in [4.69, 9.17) is 5.14 Å². The summed E-state index contributed by atoms with van der Waals surface area (Å²) in [5.41, 5.74) is 2.21. The van der Waals surface area contributed by atoms with Crippen molar-refractivity contribution in [2.45, 2.75) is 24.2 Å². The molecule has 1 atom stereocenters. The summed E-state index contributed by atoms with van der Waals surface area (Å²) in [5.74, 6) is 0.474. The molecule has 21 heavy (non-hydrogen) atoms. The lowest BCUT2D eigenvalue weighted by atomic mass is 9.98. The first-order chi connectivity index (χ1) is 9.97. The van der Waals surface area contributed by atoms with Crippen molar-refractivity contribution in [1.29, 1.82) is 0 Å². The minimum Gasteiger partial charge on any atom is -0.385 e. The maximum absolute atomic E-state index is 11.2. The Morgan fingerprint density at radius 3 is 2.24 bits per heavy atom. The molecule has 2 rings (SSSR count). The topological polar surface area (TPSA) is 72.2 Å². The lowest BCUT2D eigenvalue weighted by Gasteiger charge is -2.13. The highest BCUT2D eigenvalue weighted by Gasteiger charge is 2.07. The largest absolute Gasteiger partial charge is 0.385 e. The van der Waals surface area contributed by atoms with Crippen molar-refractivity contribution in [1.82, 2.24) is 0 Å². The Morgan fingerprint density at radius 1 is 1.05 bits per heavy atom. The van der Waals surface area contributed by atoms with Crippen LogP contribution in [0.15, 0.2) is 59.5 Å². The second kappa shape index (κ2) is 6.74. The van der Waals surface area contributed by atoms with Gasteiger partial charge in [-0.25, -0.2) is 13.6 Å². The highest BCUT2D eigenvalue weighted by molar-refractivity contribution is 7.89. The normalized spacial score (nSPS) is 12.9. The van der Waals surface area contributed by atoms with Crippen molar-refractivity contribution in [2.75, 3.05) is 11.9 Å². The summed E-state index contributed by atoms with van der Waals surface area (Å²) in [4.78, 5) is 0.130. The average molecular weight is 304 g/mol. The number of rotatable bonds is 6. The first-order valence-electron chi connectivity index (χ1n) is 6.88. The Morgan fingerprint density at radius 2 is 1.67 bits per heavy atom. The molecule has 0 saturated carbocycles. The summed E-state index contributed by atoms with van der Waals surface area (Å²) in [5, 5.41) is 8.35. The predicted molar refractivity (Wildman–Crippen MR) is 85.8 cm³/mol. The Hall–Kier alpha value is -1.85. The molecule has 0 aliphatic rings. The second-order valence-electron chi connectivity index (χ2n) is 5.10. The smallest absolute Gasteiger partial charge is 0.238 e. The number of anilines is 1. The van der Waals surface area contributed by atoms with Gasteiger partial charge in [-0.2, -0.15) is 0 Å². The zero-order valence-corrected chi connectivity index (χ0v) is 12.8. The van der Waals surface area contributed by atoms with E-state index in [0.717, 1.165) is 18.7 Å². The number of nitrogens with one attached hydrogen (secondary N) is 1. The SMILES string of the molecule is CC(CCNc1ccc(S(N)(=O)=O)cc1)c1ccccc1. The predicted octanol–water partition coefficient (Wildman–Crippen LogP) is 2.94. The average Bonchev–Trinajstić information content (AvgIpc) is 2.47. The van der Waals surface area contributed by atoms with Gasteiger partial charge in [0, 0.05) is 12.2 Å². The molecule has 5 heteroatoms. The Balaban J connectivity index is 1.86. The maximum atomic E-state index is 11.2. The van der Waals surface area contributed by atoms with Gasteiger partial charge >= 0.3 is 0 Å². The quantitative estimate of drug-likeness (QED) is 0.862. The molecule has 2 aromatic carbocycles. The molecule has 0 spiro atoms. The van der Waals surface area contributed by atoms with Gasteiger partial charge in [0.1, 0.15) is 0 Å².